The molecule has 0 saturated carbocycles. The Bertz CT molecular complexity index is 1550. The largest absolute Gasteiger partial charge is 0.392 e. The van der Waals surface area contributed by atoms with Gasteiger partial charge in [0.15, 0.2) is 11.5 Å². The van der Waals surface area contributed by atoms with Gasteiger partial charge in [-0.05, 0) is 52.9 Å². The van der Waals surface area contributed by atoms with Crippen molar-refractivity contribution < 1.29 is 9.90 Å². The number of hydrogen-bond donors (Lipinski definition) is 3. The minimum absolute atomic E-state index is 0.00632. The van der Waals surface area contributed by atoms with Gasteiger partial charge in [0.25, 0.3) is 5.91 Å². The van der Waals surface area contributed by atoms with Crippen molar-refractivity contribution in [2.75, 3.05) is 10.6 Å². The van der Waals surface area contributed by atoms with Crippen LogP contribution in [0.25, 0.3) is 16.9 Å². The molecule has 0 bridgehead atoms. The van der Waals surface area contributed by atoms with E-state index >= 15 is 0 Å². The molecule has 0 aliphatic rings. The highest BCUT2D eigenvalue weighted by molar-refractivity contribution is 6.04. The lowest BCUT2D eigenvalue weighted by atomic mass is 9.87. The summed E-state index contributed by atoms with van der Waals surface area (Å²) in [5, 5.41) is 15.6. The van der Waals surface area contributed by atoms with E-state index in [1.54, 1.807) is 6.20 Å². The van der Waals surface area contributed by atoms with Crippen molar-refractivity contribution in [1.29, 1.82) is 0 Å². The van der Waals surface area contributed by atoms with Gasteiger partial charge in [-0.1, -0.05) is 57.2 Å². The van der Waals surface area contributed by atoms with Crippen molar-refractivity contribution in [3.8, 4) is 11.3 Å². The van der Waals surface area contributed by atoms with Gasteiger partial charge < -0.3 is 20.1 Å². The molecule has 37 heavy (non-hydrogen) atoms. The number of carbonyl (C=O) groups excluding carboxylic acids is 1. The number of fused-ring (bicyclic) bond motifs is 1. The van der Waals surface area contributed by atoms with Crippen LogP contribution in [0.5, 0.6) is 0 Å². The standard InChI is InChI=1S/C30H29N5O2/c1-30(2,3)23-11-9-21(10-12-23)29(37)33-25-6-4-5-22(17-25)26-18-35-16-15-31-28(35)27(34-26)32-24-13-7-20(19-36)8-14-24/h4-18,36H,19H2,1-3H3,(H,32,34)(H,33,37). The maximum atomic E-state index is 12.9. The molecule has 0 spiro atoms. The number of imidazole rings is 1. The number of benzene rings is 3. The van der Waals surface area contributed by atoms with Gasteiger partial charge in [0.05, 0.1) is 12.3 Å². The summed E-state index contributed by atoms with van der Waals surface area (Å²) in [5.74, 6) is 0.442. The fourth-order valence-electron chi connectivity index (χ4n) is 4.07. The van der Waals surface area contributed by atoms with E-state index in [-0.39, 0.29) is 17.9 Å². The second-order valence-electron chi connectivity index (χ2n) is 9.98. The molecule has 0 fully saturated rings. The van der Waals surface area contributed by atoms with Crippen LogP contribution in [0.2, 0.25) is 0 Å². The molecule has 0 aliphatic carbocycles. The number of amides is 1. The molecule has 1 amide bonds. The number of rotatable bonds is 6. The van der Waals surface area contributed by atoms with Crippen molar-refractivity contribution in [3.05, 3.63) is 108 Å². The molecule has 2 heterocycles. The molecule has 3 N–H and O–H groups in total. The van der Waals surface area contributed by atoms with Crippen molar-refractivity contribution in [1.82, 2.24) is 14.4 Å². The monoisotopic (exact) mass is 491 g/mol. The van der Waals surface area contributed by atoms with E-state index in [1.807, 2.05) is 89.6 Å². The highest BCUT2D eigenvalue weighted by atomic mass is 16.3. The van der Waals surface area contributed by atoms with Crippen molar-refractivity contribution in [2.24, 2.45) is 0 Å². The molecule has 3 aromatic carbocycles. The quantitative estimate of drug-likeness (QED) is 0.264. The molecule has 2 aromatic heterocycles. The Hall–Kier alpha value is -4.49. The smallest absolute Gasteiger partial charge is 0.255 e. The van der Waals surface area contributed by atoms with Gasteiger partial charge in [0.2, 0.25) is 0 Å². The zero-order valence-corrected chi connectivity index (χ0v) is 21.1. The third kappa shape index (κ3) is 5.37. The number of aromatic nitrogens is 3. The first-order chi connectivity index (χ1) is 17.8. The minimum atomic E-state index is -0.163. The topological polar surface area (TPSA) is 91.6 Å². The average Bonchev–Trinajstić information content (AvgIpc) is 3.38. The van der Waals surface area contributed by atoms with Crippen LogP contribution in [0.3, 0.4) is 0 Å². The Morgan fingerprint density at radius 1 is 0.973 bits per heavy atom. The first kappa shape index (κ1) is 24.2. The average molecular weight is 492 g/mol. The van der Waals surface area contributed by atoms with E-state index in [0.29, 0.717) is 22.7 Å². The van der Waals surface area contributed by atoms with Crippen LogP contribution in [-0.2, 0) is 12.0 Å². The number of hydrogen-bond acceptors (Lipinski definition) is 5. The van der Waals surface area contributed by atoms with Gasteiger partial charge in [0, 0.05) is 41.1 Å². The first-order valence-corrected chi connectivity index (χ1v) is 12.1. The summed E-state index contributed by atoms with van der Waals surface area (Å²) in [5.41, 5.74) is 6.45. The molecule has 7 nitrogen and oxygen atoms in total. The highest BCUT2D eigenvalue weighted by Gasteiger charge is 2.15. The second-order valence-corrected chi connectivity index (χ2v) is 9.98. The highest BCUT2D eigenvalue weighted by Crippen LogP contribution is 2.27. The summed E-state index contributed by atoms with van der Waals surface area (Å²) < 4.78 is 1.91. The molecular weight excluding hydrogens is 462 g/mol. The number of aliphatic hydroxyl groups is 1. The lowest BCUT2D eigenvalue weighted by Gasteiger charge is -2.19. The lowest BCUT2D eigenvalue weighted by molar-refractivity contribution is 0.102. The lowest BCUT2D eigenvalue weighted by Crippen LogP contribution is -2.14. The van der Waals surface area contributed by atoms with Crippen LogP contribution in [0, 0.1) is 0 Å². The molecule has 0 unspecified atom stereocenters. The fraction of sp³-hybridized carbons (Fsp3) is 0.167. The molecule has 186 valence electrons. The molecule has 7 heteroatoms. The van der Waals surface area contributed by atoms with Crippen LogP contribution < -0.4 is 10.6 Å². The van der Waals surface area contributed by atoms with Gasteiger partial charge in [-0.15, -0.1) is 0 Å². The number of aliphatic hydroxyl groups excluding tert-OH is 1. The van der Waals surface area contributed by atoms with Crippen molar-refractivity contribution in [3.63, 3.8) is 0 Å². The molecular formula is C30H29N5O2. The van der Waals surface area contributed by atoms with Crippen LogP contribution in [-0.4, -0.2) is 25.4 Å². The summed E-state index contributed by atoms with van der Waals surface area (Å²) >= 11 is 0. The molecule has 0 atom stereocenters. The number of nitrogens with one attached hydrogen (secondary N) is 2. The SMILES string of the molecule is CC(C)(C)c1ccc(C(=O)Nc2cccc(-c3cn4ccnc4c(Nc4ccc(CO)cc4)n3)c2)cc1. The van der Waals surface area contributed by atoms with Crippen LogP contribution >= 0.6 is 0 Å². The van der Waals surface area contributed by atoms with Gasteiger partial charge >= 0.3 is 0 Å². The number of carbonyl (C=O) groups is 1. The molecule has 5 aromatic rings. The third-order valence-corrected chi connectivity index (χ3v) is 6.20. The fourth-order valence-corrected chi connectivity index (χ4v) is 4.07. The van der Waals surface area contributed by atoms with E-state index in [0.717, 1.165) is 22.5 Å². The molecule has 5 rings (SSSR count). The molecule has 0 aliphatic heterocycles. The molecule has 0 radical (unpaired) electrons. The Labute approximate surface area is 215 Å². The van der Waals surface area contributed by atoms with E-state index in [4.69, 9.17) is 4.98 Å². The second kappa shape index (κ2) is 9.87. The first-order valence-electron chi connectivity index (χ1n) is 12.1. The van der Waals surface area contributed by atoms with Gasteiger partial charge in [-0.25, -0.2) is 9.97 Å². The summed E-state index contributed by atoms with van der Waals surface area (Å²) in [6.07, 6.45) is 5.50. The van der Waals surface area contributed by atoms with Gasteiger partial charge in [0.1, 0.15) is 0 Å². The maximum Gasteiger partial charge on any atom is 0.255 e. The van der Waals surface area contributed by atoms with Crippen LogP contribution in [0.1, 0.15) is 42.3 Å². The summed E-state index contributed by atoms with van der Waals surface area (Å²) in [4.78, 5) is 22.2. The Balaban J connectivity index is 1.40. The number of nitrogens with zero attached hydrogens (tertiary/aromatic N) is 3. The van der Waals surface area contributed by atoms with E-state index in [9.17, 15) is 9.90 Å². The predicted octanol–water partition coefficient (Wildman–Crippen LogP) is 6.18. The van der Waals surface area contributed by atoms with Gasteiger partial charge in [-0.2, -0.15) is 0 Å². The van der Waals surface area contributed by atoms with E-state index < -0.39 is 0 Å². The Morgan fingerprint density at radius 2 is 1.73 bits per heavy atom. The summed E-state index contributed by atoms with van der Waals surface area (Å²) in [6, 6.07) is 22.9. The van der Waals surface area contributed by atoms with Crippen molar-refractivity contribution >= 4 is 28.7 Å². The van der Waals surface area contributed by atoms with Gasteiger partial charge in [-0.3, -0.25) is 4.79 Å². The minimum Gasteiger partial charge on any atom is -0.392 e. The Morgan fingerprint density at radius 3 is 2.43 bits per heavy atom. The zero-order chi connectivity index (χ0) is 26.0. The van der Waals surface area contributed by atoms with Crippen LogP contribution in [0.15, 0.2) is 91.4 Å². The molecule has 0 saturated heterocycles. The van der Waals surface area contributed by atoms with Crippen LogP contribution in [0.4, 0.5) is 17.2 Å². The maximum absolute atomic E-state index is 12.9. The van der Waals surface area contributed by atoms with Crippen molar-refractivity contribution in [2.45, 2.75) is 32.8 Å². The number of anilines is 3. The summed E-state index contributed by atoms with van der Waals surface area (Å²) in [7, 11) is 0. The third-order valence-electron chi connectivity index (χ3n) is 6.20. The van der Waals surface area contributed by atoms with E-state index in [1.165, 1.54) is 5.56 Å². The predicted molar refractivity (Wildman–Crippen MR) is 147 cm³/mol. The summed E-state index contributed by atoms with van der Waals surface area (Å²) in [6.45, 7) is 6.44. The Kier molecular flexibility index (Phi) is 6.46. The van der Waals surface area contributed by atoms with E-state index in [2.05, 4.69) is 36.4 Å². The zero-order valence-electron chi connectivity index (χ0n) is 21.1. The normalized spacial score (nSPS) is 11.5.